The maximum Gasteiger partial charge on any atom is 0.258 e. The number of nitrogens with zero attached hydrogens (tertiary/aromatic N) is 1. The summed E-state index contributed by atoms with van der Waals surface area (Å²) in [6, 6.07) is 7.80. The number of benzene rings is 1. The Labute approximate surface area is 129 Å². The van der Waals surface area contributed by atoms with Crippen LogP contribution in [0.1, 0.15) is 35.9 Å². The van der Waals surface area contributed by atoms with Gasteiger partial charge in [0.1, 0.15) is 11.3 Å². The summed E-state index contributed by atoms with van der Waals surface area (Å²) in [7, 11) is 1.65. The molecule has 5 heteroatoms. The van der Waals surface area contributed by atoms with Gasteiger partial charge >= 0.3 is 0 Å². The lowest BCUT2D eigenvalue weighted by molar-refractivity contribution is -0.121. The number of furan rings is 1. The molecule has 22 heavy (non-hydrogen) atoms. The number of amides is 2. The monoisotopic (exact) mass is 300 g/mol. The van der Waals surface area contributed by atoms with Crippen LogP contribution in [0.3, 0.4) is 0 Å². The summed E-state index contributed by atoms with van der Waals surface area (Å²) < 4.78 is 5.75. The summed E-state index contributed by atoms with van der Waals surface area (Å²) in [6.07, 6.45) is 2.71. The van der Waals surface area contributed by atoms with E-state index in [9.17, 15) is 9.59 Å². The number of aryl methyl sites for hydroxylation is 1. The Morgan fingerprint density at radius 3 is 2.73 bits per heavy atom. The third-order valence-electron chi connectivity index (χ3n) is 3.87. The first-order valence-corrected chi connectivity index (χ1v) is 7.65. The molecule has 0 aliphatic heterocycles. The molecule has 1 heterocycles. The van der Waals surface area contributed by atoms with Crippen molar-refractivity contribution in [3.63, 3.8) is 0 Å². The van der Waals surface area contributed by atoms with E-state index in [-0.39, 0.29) is 18.4 Å². The zero-order valence-corrected chi connectivity index (χ0v) is 12.9. The Hall–Kier alpha value is -2.30. The van der Waals surface area contributed by atoms with Crippen molar-refractivity contribution >= 4 is 22.8 Å². The van der Waals surface area contributed by atoms with Gasteiger partial charge in [-0.05, 0) is 18.9 Å². The first-order chi connectivity index (χ1) is 10.6. The molecule has 0 radical (unpaired) electrons. The number of likely N-dealkylation sites (N-methyl/N-ethyl adjacent to an activating group) is 1. The van der Waals surface area contributed by atoms with E-state index in [1.54, 1.807) is 7.05 Å². The van der Waals surface area contributed by atoms with Gasteiger partial charge in [-0.1, -0.05) is 25.1 Å². The smallest absolute Gasteiger partial charge is 0.258 e. The van der Waals surface area contributed by atoms with Gasteiger partial charge in [-0.3, -0.25) is 9.59 Å². The topological polar surface area (TPSA) is 62.6 Å². The molecule has 1 saturated carbocycles. The Bertz CT molecular complexity index is 716. The second-order valence-corrected chi connectivity index (χ2v) is 5.75. The zero-order valence-electron chi connectivity index (χ0n) is 12.9. The summed E-state index contributed by atoms with van der Waals surface area (Å²) in [6.45, 7) is 2.02. The quantitative estimate of drug-likeness (QED) is 0.922. The van der Waals surface area contributed by atoms with Gasteiger partial charge in [0, 0.05) is 24.9 Å². The van der Waals surface area contributed by atoms with Crippen LogP contribution in [0.5, 0.6) is 0 Å². The van der Waals surface area contributed by atoms with Crippen LogP contribution in [0.25, 0.3) is 11.0 Å². The van der Waals surface area contributed by atoms with Crippen molar-refractivity contribution in [1.82, 2.24) is 10.2 Å². The molecule has 1 aromatic heterocycles. The molecule has 0 unspecified atom stereocenters. The number of hydrogen-bond donors (Lipinski definition) is 1. The highest BCUT2D eigenvalue weighted by Gasteiger charge is 2.26. The third-order valence-corrected chi connectivity index (χ3v) is 3.87. The number of hydrogen-bond acceptors (Lipinski definition) is 3. The maximum absolute atomic E-state index is 12.7. The van der Waals surface area contributed by atoms with Crippen molar-refractivity contribution < 1.29 is 14.0 Å². The SMILES string of the molecule is CCc1oc2ccccc2c1C(=O)N(C)CC(=O)NC1CC1. The number of carbonyl (C=O) groups is 2. The predicted molar refractivity (Wildman–Crippen MR) is 83.7 cm³/mol. The third kappa shape index (κ3) is 2.84. The van der Waals surface area contributed by atoms with Gasteiger partial charge in [0.25, 0.3) is 5.91 Å². The molecular weight excluding hydrogens is 280 g/mol. The van der Waals surface area contributed by atoms with Gasteiger partial charge in [-0.25, -0.2) is 0 Å². The number of para-hydroxylation sites is 1. The van der Waals surface area contributed by atoms with Gasteiger partial charge in [-0.2, -0.15) is 0 Å². The largest absolute Gasteiger partial charge is 0.460 e. The van der Waals surface area contributed by atoms with Crippen LogP contribution >= 0.6 is 0 Å². The number of carbonyl (C=O) groups excluding carboxylic acids is 2. The first kappa shape index (κ1) is 14.6. The predicted octanol–water partition coefficient (Wildman–Crippen LogP) is 2.35. The average molecular weight is 300 g/mol. The summed E-state index contributed by atoms with van der Waals surface area (Å²) in [5.74, 6) is 0.387. The van der Waals surface area contributed by atoms with Gasteiger partial charge in [-0.15, -0.1) is 0 Å². The molecule has 1 aliphatic carbocycles. The van der Waals surface area contributed by atoms with E-state index in [2.05, 4.69) is 5.32 Å². The van der Waals surface area contributed by atoms with Gasteiger partial charge in [0.05, 0.1) is 12.1 Å². The van der Waals surface area contributed by atoms with Crippen LogP contribution in [0.4, 0.5) is 0 Å². The summed E-state index contributed by atoms with van der Waals surface area (Å²) in [4.78, 5) is 26.0. The van der Waals surface area contributed by atoms with Gasteiger partial charge in [0.2, 0.25) is 5.91 Å². The Morgan fingerprint density at radius 2 is 2.05 bits per heavy atom. The highest BCUT2D eigenvalue weighted by molar-refractivity contribution is 6.08. The van der Waals surface area contributed by atoms with Crippen molar-refractivity contribution in [1.29, 1.82) is 0 Å². The van der Waals surface area contributed by atoms with E-state index in [4.69, 9.17) is 4.42 Å². The second kappa shape index (κ2) is 5.83. The van der Waals surface area contributed by atoms with Crippen molar-refractivity contribution in [2.45, 2.75) is 32.2 Å². The van der Waals surface area contributed by atoms with E-state index in [1.807, 2.05) is 31.2 Å². The molecule has 0 spiro atoms. The highest BCUT2D eigenvalue weighted by atomic mass is 16.3. The molecule has 1 fully saturated rings. The molecule has 3 rings (SSSR count). The van der Waals surface area contributed by atoms with Gasteiger partial charge < -0.3 is 14.6 Å². The maximum atomic E-state index is 12.7. The minimum Gasteiger partial charge on any atom is -0.460 e. The van der Waals surface area contributed by atoms with Crippen LogP contribution in [-0.2, 0) is 11.2 Å². The lowest BCUT2D eigenvalue weighted by atomic mass is 10.1. The molecule has 116 valence electrons. The molecule has 5 nitrogen and oxygen atoms in total. The fraction of sp³-hybridized carbons (Fsp3) is 0.412. The average Bonchev–Trinajstić information content (AvgIpc) is 3.23. The van der Waals surface area contributed by atoms with E-state index in [1.165, 1.54) is 4.90 Å². The Morgan fingerprint density at radius 1 is 1.32 bits per heavy atom. The summed E-state index contributed by atoms with van der Waals surface area (Å²) in [5.41, 5.74) is 1.28. The standard InChI is InChI=1S/C17H20N2O3/c1-3-13-16(12-6-4-5-7-14(12)22-13)17(21)19(2)10-15(20)18-11-8-9-11/h4-7,11H,3,8-10H2,1-2H3,(H,18,20). The minimum absolute atomic E-state index is 0.0675. The summed E-state index contributed by atoms with van der Waals surface area (Å²) >= 11 is 0. The number of rotatable bonds is 5. The number of fused-ring (bicyclic) bond motifs is 1. The van der Waals surface area contributed by atoms with Crippen LogP contribution in [0.15, 0.2) is 28.7 Å². The van der Waals surface area contributed by atoms with Crippen LogP contribution in [0.2, 0.25) is 0 Å². The molecule has 1 N–H and O–H groups in total. The molecule has 0 bridgehead atoms. The molecule has 0 atom stereocenters. The molecule has 1 aliphatic rings. The molecule has 1 aromatic carbocycles. The molecular formula is C17H20N2O3. The lowest BCUT2D eigenvalue weighted by Crippen LogP contribution is -2.39. The Kier molecular flexibility index (Phi) is 3.88. The fourth-order valence-electron chi connectivity index (χ4n) is 2.56. The first-order valence-electron chi connectivity index (χ1n) is 7.65. The van der Waals surface area contributed by atoms with E-state index in [0.717, 1.165) is 18.2 Å². The van der Waals surface area contributed by atoms with E-state index >= 15 is 0 Å². The van der Waals surface area contributed by atoms with E-state index < -0.39 is 0 Å². The normalized spacial score (nSPS) is 14.1. The van der Waals surface area contributed by atoms with Crippen molar-refractivity contribution in [3.8, 4) is 0 Å². The summed E-state index contributed by atoms with van der Waals surface area (Å²) in [5, 5.41) is 3.70. The van der Waals surface area contributed by atoms with Crippen LogP contribution < -0.4 is 5.32 Å². The number of nitrogens with one attached hydrogen (secondary N) is 1. The van der Waals surface area contributed by atoms with E-state index in [0.29, 0.717) is 29.4 Å². The highest BCUT2D eigenvalue weighted by Crippen LogP contribution is 2.27. The lowest BCUT2D eigenvalue weighted by Gasteiger charge is -2.16. The van der Waals surface area contributed by atoms with Crippen molar-refractivity contribution in [2.24, 2.45) is 0 Å². The van der Waals surface area contributed by atoms with Gasteiger partial charge in [0.15, 0.2) is 0 Å². The van der Waals surface area contributed by atoms with Crippen molar-refractivity contribution in [2.75, 3.05) is 13.6 Å². The fourth-order valence-corrected chi connectivity index (χ4v) is 2.56. The zero-order chi connectivity index (χ0) is 15.7. The van der Waals surface area contributed by atoms with Crippen molar-refractivity contribution in [3.05, 3.63) is 35.6 Å². The molecule has 2 amide bonds. The molecule has 2 aromatic rings. The Balaban J connectivity index is 1.82. The van der Waals surface area contributed by atoms with Crippen LogP contribution in [0, 0.1) is 0 Å². The minimum atomic E-state index is -0.173. The second-order valence-electron chi connectivity index (χ2n) is 5.75. The molecule has 0 saturated heterocycles. The van der Waals surface area contributed by atoms with Crippen LogP contribution in [-0.4, -0.2) is 36.3 Å².